The van der Waals surface area contributed by atoms with Gasteiger partial charge in [0.15, 0.2) is 0 Å². The van der Waals surface area contributed by atoms with Gasteiger partial charge in [0, 0.05) is 10.6 Å². The summed E-state index contributed by atoms with van der Waals surface area (Å²) in [5.41, 5.74) is 2.09. The fourth-order valence-corrected chi connectivity index (χ4v) is 4.34. The highest BCUT2D eigenvalue weighted by molar-refractivity contribution is 6.46. The van der Waals surface area contributed by atoms with Crippen molar-refractivity contribution in [2.45, 2.75) is 19.2 Å². The van der Waals surface area contributed by atoms with Gasteiger partial charge in [-0.15, -0.1) is 0 Å². The Morgan fingerprint density at radius 2 is 1.64 bits per heavy atom. The lowest BCUT2D eigenvalue weighted by atomic mass is 9.95. The van der Waals surface area contributed by atoms with Crippen molar-refractivity contribution < 1.29 is 23.8 Å². The summed E-state index contributed by atoms with van der Waals surface area (Å²) in [6.07, 6.45) is 1.51. The summed E-state index contributed by atoms with van der Waals surface area (Å²) in [7, 11) is 0. The largest absolute Gasteiger partial charge is 0.507 e. The van der Waals surface area contributed by atoms with E-state index >= 15 is 0 Å². The number of halogens is 1. The molecule has 2 heterocycles. The molecular formula is C29H22ClNO5. The Labute approximate surface area is 213 Å². The molecular weight excluding hydrogens is 478 g/mol. The average molecular weight is 500 g/mol. The molecule has 3 aromatic carbocycles. The molecule has 180 valence electrons. The highest BCUT2D eigenvalue weighted by Crippen LogP contribution is 2.40. The Hall–Kier alpha value is -4.29. The number of hydrogen-bond donors (Lipinski definition) is 1. The van der Waals surface area contributed by atoms with Crippen LogP contribution in [-0.2, 0) is 22.7 Å². The van der Waals surface area contributed by atoms with E-state index < -0.39 is 17.7 Å². The number of benzene rings is 3. The minimum absolute atomic E-state index is 0.00633. The third kappa shape index (κ3) is 4.76. The zero-order valence-corrected chi connectivity index (χ0v) is 19.9. The molecule has 1 N–H and O–H groups in total. The number of carbonyl (C=O) groups excluding carboxylic acids is 2. The number of carbonyl (C=O) groups is 2. The van der Waals surface area contributed by atoms with E-state index in [0.29, 0.717) is 34.3 Å². The topological polar surface area (TPSA) is 80.0 Å². The number of likely N-dealkylation sites (tertiary alicyclic amines) is 1. The Bertz CT molecular complexity index is 1390. The number of nitrogens with zero attached hydrogens (tertiary/aromatic N) is 1. The van der Waals surface area contributed by atoms with Gasteiger partial charge in [0.2, 0.25) is 0 Å². The number of aliphatic hydroxyl groups excluding tert-OH is 1. The standard InChI is InChI=1S/C29H22ClNO5/c30-22-12-8-21(9-13-22)27(32)25-26(31(29(34)28(25)33)17-24-7-4-16-35-24)20-10-14-23(15-11-20)36-18-19-5-2-1-3-6-19/h1-16,26,32H,17-18H2. The molecule has 1 saturated heterocycles. The summed E-state index contributed by atoms with van der Waals surface area (Å²) < 4.78 is 11.3. The van der Waals surface area contributed by atoms with Gasteiger partial charge in [0.25, 0.3) is 11.7 Å². The van der Waals surface area contributed by atoms with E-state index in [2.05, 4.69) is 0 Å². The molecule has 0 bridgehead atoms. The zero-order chi connectivity index (χ0) is 25.1. The van der Waals surface area contributed by atoms with Crippen molar-refractivity contribution in [2.24, 2.45) is 0 Å². The predicted octanol–water partition coefficient (Wildman–Crippen LogP) is 6.13. The first kappa shape index (κ1) is 23.5. The number of Topliss-reactive ketones (excluding diaryl/α,β-unsaturated/α-hetero) is 1. The summed E-state index contributed by atoms with van der Waals surface area (Å²) in [6, 6.07) is 26.0. The summed E-state index contributed by atoms with van der Waals surface area (Å²) >= 11 is 5.99. The normalized spacial score (nSPS) is 16.9. The maximum atomic E-state index is 13.1. The molecule has 4 aromatic rings. The van der Waals surface area contributed by atoms with Crippen molar-refractivity contribution in [1.29, 1.82) is 0 Å². The monoisotopic (exact) mass is 499 g/mol. The smallest absolute Gasteiger partial charge is 0.296 e. The highest BCUT2D eigenvalue weighted by atomic mass is 35.5. The summed E-state index contributed by atoms with van der Waals surface area (Å²) in [5.74, 6) is -0.569. The second-order valence-electron chi connectivity index (χ2n) is 8.36. The molecule has 6 nitrogen and oxygen atoms in total. The Kier molecular flexibility index (Phi) is 6.60. The maximum absolute atomic E-state index is 13.1. The zero-order valence-electron chi connectivity index (χ0n) is 19.1. The van der Waals surface area contributed by atoms with Crippen LogP contribution in [0.4, 0.5) is 0 Å². The molecule has 1 amide bonds. The van der Waals surface area contributed by atoms with Gasteiger partial charge in [-0.3, -0.25) is 9.59 Å². The first-order chi connectivity index (χ1) is 17.5. The van der Waals surface area contributed by atoms with Crippen LogP contribution in [0.15, 0.2) is 107 Å². The average Bonchev–Trinajstić information content (AvgIpc) is 3.51. The Balaban J connectivity index is 1.50. The van der Waals surface area contributed by atoms with Gasteiger partial charge in [-0.05, 0) is 59.7 Å². The quantitative estimate of drug-likeness (QED) is 0.188. The first-order valence-corrected chi connectivity index (χ1v) is 11.7. The predicted molar refractivity (Wildman–Crippen MR) is 135 cm³/mol. The number of amides is 1. The number of ether oxygens (including phenoxy) is 1. The molecule has 36 heavy (non-hydrogen) atoms. The van der Waals surface area contributed by atoms with Gasteiger partial charge in [-0.2, -0.15) is 0 Å². The van der Waals surface area contributed by atoms with Crippen LogP contribution in [0.1, 0.15) is 28.5 Å². The number of furan rings is 1. The molecule has 1 unspecified atom stereocenters. The summed E-state index contributed by atoms with van der Waals surface area (Å²) in [5, 5.41) is 11.6. The molecule has 1 aliphatic rings. The van der Waals surface area contributed by atoms with Gasteiger partial charge >= 0.3 is 0 Å². The molecule has 0 radical (unpaired) electrons. The fourth-order valence-electron chi connectivity index (χ4n) is 4.21. The molecule has 0 aliphatic carbocycles. The molecule has 0 saturated carbocycles. The van der Waals surface area contributed by atoms with Crippen molar-refractivity contribution in [3.8, 4) is 5.75 Å². The van der Waals surface area contributed by atoms with Crippen molar-refractivity contribution in [3.05, 3.63) is 130 Å². The molecule has 1 aliphatic heterocycles. The molecule has 5 rings (SSSR count). The third-order valence-electron chi connectivity index (χ3n) is 6.01. The minimum Gasteiger partial charge on any atom is -0.507 e. The van der Waals surface area contributed by atoms with Crippen LogP contribution in [0.2, 0.25) is 5.02 Å². The second-order valence-corrected chi connectivity index (χ2v) is 8.79. The molecule has 7 heteroatoms. The van der Waals surface area contributed by atoms with Crippen molar-refractivity contribution in [1.82, 2.24) is 4.90 Å². The van der Waals surface area contributed by atoms with E-state index in [9.17, 15) is 14.7 Å². The third-order valence-corrected chi connectivity index (χ3v) is 6.26. The van der Waals surface area contributed by atoms with Crippen LogP contribution >= 0.6 is 11.6 Å². The summed E-state index contributed by atoms with van der Waals surface area (Å²) in [4.78, 5) is 27.6. The lowest BCUT2D eigenvalue weighted by Gasteiger charge is -2.24. The molecule has 1 atom stereocenters. The Morgan fingerprint density at radius 3 is 2.31 bits per heavy atom. The van der Waals surface area contributed by atoms with Crippen LogP contribution in [0.5, 0.6) is 5.75 Å². The number of aliphatic hydroxyl groups is 1. The van der Waals surface area contributed by atoms with E-state index in [1.807, 2.05) is 30.3 Å². The van der Waals surface area contributed by atoms with E-state index in [1.165, 1.54) is 11.2 Å². The van der Waals surface area contributed by atoms with Gasteiger partial charge in [-0.1, -0.05) is 54.1 Å². The fraction of sp³-hybridized carbons (Fsp3) is 0.103. The maximum Gasteiger partial charge on any atom is 0.296 e. The lowest BCUT2D eigenvalue weighted by molar-refractivity contribution is -0.140. The molecule has 1 aromatic heterocycles. The second kappa shape index (κ2) is 10.1. The van der Waals surface area contributed by atoms with Crippen LogP contribution in [0, 0.1) is 0 Å². The van der Waals surface area contributed by atoms with Crippen LogP contribution in [0.25, 0.3) is 5.76 Å². The van der Waals surface area contributed by atoms with Gasteiger partial charge in [-0.25, -0.2) is 0 Å². The van der Waals surface area contributed by atoms with Crippen molar-refractivity contribution in [3.63, 3.8) is 0 Å². The first-order valence-electron chi connectivity index (χ1n) is 11.3. The van der Waals surface area contributed by atoms with Gasteiger partial charge in [0.1, 0.15) is 23.9 Å². The van der Waals surface area contributed by atoms with Crippen molar-refractivity contribution in [2.75, 3.05) is 0 Å². The number of rotatable bonds is 7. The van der Waals surface area contributed by atoms with Gasteiger partial charge < -0.3 is 19.2 Å². The number of hydrogen-bond acceptors (Lipinski definition) is 5. The minimum atomic E-state index is -0.811. The van der Waals surface area contributed by atoms with E-state index in [0.717, 1.165) is 5.56 Å². The van der Waals surface area contributed by atoms with E-state index in [-0.39, 0.29) is 17.9 Å². The molecule has 0 spiro atoms. The Morgan fingerprint density at radius 1 is 0.917 bits per heavy atom. The van der Waals surface area contributed by atoms with E-state index in [1.54, 1.807) is 60.7 Å². The number of ketones is 1. The SMILES string of the molecule is O=C1C(=O)N(Cc2ccco2)C(c2ccc(OCc3ccccc3)cc2)C1=C(O)c1ccc(Cl)cc1. The van der Waals surface area contributed by atoms with Crippen LogP contribution in [-0.4, -0.2) is 21.7 Å². The van der Waals surface area contributed by atoms with Crippen LogP contribution < -0.4 is 4.74 Å². The van der Waals surface area contributed by atoms with E-state index in [4.69, 9.17) is 20.8 Å². The van der Waals surface area contributed by atoms with Gasteiger partial charge in [0.05, 0.1) is 24.4 Å². The highest BCUT2D eigenvalue weighted by Gasteiger charge is 2.46. The lowest BCUT2D eigenvalue weighted by Crippen LogP contribution is -2.29. The van der Waals surface area contributed by atoms with Crippen molar-refractivity contribution >= 4 is 29.1 Å². The van der Waals surface area contributed by atoms with Crippen LogP contribution in [0.3, 0.4) is 0 Å². The summed E-state index contributed by atoms with van der Waals surface area (Å²) in [6.45, 7) is 0.486. The molecule has 1 fully saturated rings.